The van der Waals surface area contributed by atoms with Crippen molar-refractivity contribution in [3.63, 3.8) is 0 Å². The minimum Gasteiger partial charge on any atom is -0.468 e. The maximum Gasteiger partial charge on any atom is 0.514 e. The Morgan fingerprint density at radius 2 is 2.44 bits per heavy atom. The van der Waals surface area contributed by atoms with Crippen molar-refractivity contribution in [2.45, 2.75) is 19.1 Å². The van der Waals surface area contributed by atoms with Gasteiger partial charge in [0.2, 0.25) is 5.91 Å². The van der Waals surface area contributed by atoms with E-state index in [0.717, 1.165) is 7.11 Å². The standard InChI is InChI=1S/C9H9NO6/c1-14-9(13)16-8-5(2-3-11)15-7-4-6(12)10(7)8/h3,7H,2,4H2,1H3/t7-/m1/s1. The van der Waals surface area contributed by atoms with Crippen LogP contribution >= 0.6 is 0 Å². The average molecular weight is 227 g/mol. The molecule has 0 unspecified atom stereocenters. The van der Waals surface area contributed by atoms with Crippen LogP contribution < -0.4 is 0 Å². The fourth-order valence-corrected chi connectivity index (χ4v) is 1.51. The minimum atomic E-state index is -0.956. The number of hydrogen-bond acceptors (Lipinski definition) is 6. The summed E-state index contributed by atoms with van der Waals surface area (Å²) in [7, 11) is 1.15. The number of β-lactam (4-membered cyclic amide) rings is 1. The van der Waals surface area contributed by atoms with Gasteiger partial charge in [0.25, 0.3) is 5.88 Å². The van der Waals surface area contributed by atoms with E-state index in [9.17, 15) is 14.4 Å². The number of methoxy groups -OCH3 is 1. The molecule has 0 aliphatic carbocycles. The maximum absolute atomic E-state index is 11.2. The SMILES string of the molecule is COC(=O)OC1=C(CC=O)O[C@@H]2CC(=O)N12. The van der Waals surface area contributed by atoms with E-state index in [1.165, 1.54) is 4.90 Å². The lowest BCUT2D eigenvalue weighted by atomic mass is 10.2. The minimum absolute atomic E-state index is 0.0415. The first-order valence-electron chi connectivity index (χ1n) is 4.58. The first-order chi connectivity index (χ1) is 7.67. The third-order valence-corrected chi connectivity index (χ3v) is 2.26. The third kappa shape index (κ3) is 1.50. The van der Waals surface area contributed by atoms with Crippen molar-refractivity contribution < 1.29 is 28.6 Å². The van der Waals surface area contributed by atoms with E-state index < -0.39 is 12.4 Å². The molecule has 16 heavy (non-hydrogen) atoms. The van der Waals surface area contributed by atoms with Crippen molar-refractivity contribution in [2.24, 2.45) is 0 Å². The summed E-state index contributed by atoms with van der Waals surface area (Å²) in [6.45, 7) is 0. The van der Waals surface area contributed by atoms with Crippen molar-refractivity contribution in [2.75, 3.05) is 7.11 Å². The predicted molar refractivity (Wildman–Crippen MR) is 47.5 cm³/mol. The maximum atomic E-state index is 11.2. The van der Waals surface area contributed by atoms with E-state index in [1.807, 2.05) is 0 Å². The van der Waals surface area contributed by atoms with E-state index >= 15 is 0 Å². The lowest BCUT2D eigenvalue weighted by Crippen LogP contribution is -2.49. The topological polar surface area (TPSA) is 82.1 Å². The van der Waals surface area contributed by atoms with Crippen LogP contribution in [0, 0.1) is 0 Å². The van der Waals surface area contributed by atoms with Crippen molar-refractivity contribution in [1.29, 1.82) is 0 Å². The Labute approximate surface area is 90.5 Å². The molecule has 2 aliphatic heterocycles. The van der Waals surface area contributed by atoms with Gasteiger partial charge in [0.05, 0.1) is 20.0 Å². The first-order valence-corrected chi connectivity index (χ1v) is 4.58. The lowest BCUT2D eigenvalue weighted by molar-refractivity contribution is -0.157. The van der Waals surface area contributed by atoms with Gasteiger partial charge in [-0.2, -0.15) is 0 Å². The third-order valence-electron chi connectivity index (χ3n) is 2.26. The van der Waals surface area contributed by atoms with Gasteiger partial charge in [0.1, 0.15) is 6.29 Å². The van der Waals surface area contributed by atoms with Gasteiger partial charge >= 0.3 is 6.16 Å². The Morgan fingerprint density at radius 1 is 1.69 bits per heavy atom. The summed E-state index contributed by atoms with van der Waals surface area (Å²) in [6, 6.07) is 0. The van der Waals surface area contributed by atoms with Crippen LogP contribution in [0.25, 0.3) is 0 Å². The summed E-state index contributed by atoms with van der Waals surface area (Å²) >= 11 is 0. The molecule has 0 aromatic heterocycles. The van der Waals surface area contributed by atoms with Crippen LogP contribution in [-0.4, -0.2) is 36.6 Å². The second-order valence-electron chi connectivity index (χ2n) is 3.20. The number of rotatable bonds is 3. The number of amides is 1. The highest BCUT2D eigenvalue weighted by Crippen LogP contribution is 2.37. The van der Waals surface area contributed by atoms with E-state index in [2.05, 4.69) is 4.74 Å². The molecule has 1 amide bonds. The summed E-state index contributed by atoms with van der Waals surface area (Å²) in [5.74, 6) is -0.0822. The molecule has 1 atom stereocenters. The van der Waals surface area contributed by atoms with Gasteiger partial charge < -0.3 is 19.0 Å². The smallest absolute Gasteiger partial charge is 0.468 e. The number of allylic oxidation sites excluding steroid dienone is 1. The van der Waals surface area contributed by atoms with Gasteiger partial charge in [-0.05, 0) is 0 Å². The largest absolute Gasteiger partial charge is 0.514 e. The molecule has 2 rings (SSSR count). The Balaban J connectivity index is 2.19. The summed E-state index contributed by atoms with van der Waals surface area (Å²) in [6.07, 6.45) is -0.639. The molecular formula is C9H9NO6. The Kier molecular flexibility index (Phi) is 2.51. The molecule has 86 valence electrons. The number of nitrogens with zero attached hydrogens (tertiary/aromatic N) is 1. The van der Waals surface area contributed by atoms with Crippen LogP contribution in [0.4, 0.5) is 4.79 Å². The van der Waals surface area contributed by atoms with Crippen molar-refractivity contribution in [3.05, 3.63) is 11.6 Å². The number of ether oxygens (including phenoxy) is 3. The Morgan fingerprint density at radius 3 is 3.00 bits per heavy atom. The Bertz CT molecular complexity index is 387. The van der Waals surface area contributed by atoms with Crippen LogP contribution in [0.15, 0.2) is 11.6 Å². The molecule has 7 heteroatoms. The molecular weight excluding hydrogens is 218 g/mol. The summed E-state index contributed by atoms with van der Waals surface area (Å²) in [4.78, 5) is 33.8. The number of aldehydes is 1. The van der Waals surface area contributed by atoms with Gasteiger partial charge in [-0.25, -0.2) is 9.69 Å². The van der Waals surface area contributed by atoms with Crippen LogP contribution in [0.3, 0.4) is 0 Å². The monoisotopic (exact) mass is 227 g/mol. The van der Waals surface area contributed by atoms with Gasteiger partial charge in [0.15, 0.2) is 12.0 Å². The van der Waals surface area contributed by atoms with E-state index in [1.54, 1.807) is 0 Å². The Hall–Kier alpha value is -2.05. The predicted octanol–water partition coefficient (Wildman–Crippen LogP) is 0.116. The zero-order valence-electron chi connectivity index (χ0n) is 8.47. The fourth-order valence-electron chi connectivity index (χ4n) is 1.51. The molecule has 2 aliphatic rings. The molecule has 0 bridgehead atoms. The molecule has 0 aromatic carbocycles. The van der Waals surface area contributed by atoms with E-state index in [4.69, 9.17) is 9.47 Å². The zero-order valence-corrected chi connectivity index (χ0v) is 8.47. The highest BCUT2D eigenvalue weighted by molar-refractivity contribution is 5.85. The van der Waals surface area contributed by atoms with Gasteiger partial charge in [-0.1, -0.05) is 0 Å². The summed E-state index contributed by atoms with van der Waals surface area (Å²) in [5, 5.41) is 0. The van der Waals surface area contributed by atoms with Gasteiger partial charge in [0, 0.05) is 0 Å². The molecule has 1 saturated heterocycles. The van der Waals surface area contributed by atoms with E-state index in [0.29, 0.717) is 6.29 Å². The second-order valence-corrected chi connectivity index (χ2v) is 3.20. The molecule has 0 aromatic rings. The zero-order chi connectivity index (χ0) is 11.7. The van der Waals surface area contributed by atoms with Crippen LogP contribution in [-0.2, 0) is 23.8 Å². The highest BCUT2D eigenvalue weighted by atomic mass is 16.7. The van der Waals surface area contributed by atoms with Crippen LogP contribution in [0.5, 0.6) is 0 Å². The van der Waals surface area contributed by atoms with Gasteiger partial charge in [-0.15, -0.1) is 0 Å². The summed E-state index contributed by atoms with van der Waals surface area (Å²) < 4.78 is 14.3. The number of carbonyl (C=O) groups excluding carboxylic acids is 3. The van der Waals surface area contributed by atoms with Crippen LogP contribution in [0.1, 0.15) is 12.8 Å². The average Bonchev–Trinajstić information content (AvgIpc) is 2.51. The van der Waals surface area contributed by atoms with Crippen LogP contribution in [0.2, 0.25) is 0 Å². The molecule has 0 spiro atoms. The fraction of sp³-hybridized carbons (Fsp3) is 0.444. The second kappa shape index (κ2) is 3.84. The van der Waals surface area contributed by atoms with E-state index in [-0.39, 0.29) is 30.4 Å². The molecule has 1 fully saturated rings. The molecule has 0 radical (unpaired) electrons. The van der Waals surface area contributed by atoms with Crippen molar-refractivity contribution >= 4 is 18.3 Å². The number of hydrogen-bond donors (Lipinski definition) is 0. The first kappa shape index (κ1) is 10.5. The normalized spacial score (nSPS) is 22.2. The quantitative estimate of drug-likeness (QED) is 0.387. The number of carbonyl (C=O) groups is 3. The lowest BCUT2D eigenvalue weighted by Gasteiger charge is -2.32. The molecule has 7 nitrogen and oxygen atoms in total. The van der Waals surface area contributed by atoms with Crippen molar-refractivity contribution in [3.8, 4) is 0 Å². The number of fused-ring (bicyclic) bond motifs is 1. The summed E-state index contributed by atoms with van der Waals surface area (Å²) in [5.41, 5.74) is 0. The van der Waals surface area contributed by atoms with Crippen molar-refractivity contribution in [1.82, 2.24) is 4.90 Å². The molecule has 0 N–H and O–H groups in total. The molecule has 0 saturated carbocycles. The molecule has 2 heterocycles. The highest BCUT2D eigenvalue weighted by Gasteiger charge is 2.49. The van der Waals surface area contributed by atoms with Gasteiger partial charge in [-0.3, -0.25) is 4.79 Å².